The Bertz CT molecular complexity index is 460. The number of carbonyl (C=O) groups is 2. The molecule has 0 fully saturated rings. The highest BCUT2D eigenvalue weighted by Gasteiger charge is 2.25. The average Bonchev–Trinajstić information content (AvgIpc) is 2.45. The standard InChI is InChI=1S/C16H25N3O2/c1-4-19(11-15(20)18-12(2)3)16(21)14(10-17)13-8-6-5-7-9-13/h5-9,12,14H,4,10-11,17H2,1-3H3,(H,18,20). The van der Waals surface area contributed by atoms with E-state index in [1.54, 1.807) is 4.90 Å². The van der Waals surface area contributed by atoms with Crippen molar-refractivity contribution in [2.75, 3.05) is 19.6 Å². The van der Waals surface area contributed by atoms with E-state index < -0.39 is 5.92 Å². The van der Waals surface area contributed by atoms with Gasteiger partial charge in [0.2, 0.25) is 11.8 Å². The summed E-state index contributed by atoms with van der Waals surface area (Å²) >= 11 is 0. The summed E-state index contributed by atoms with van der Waals surface area (Å²) < 4.78 is 0. The molecule has 0 aliphatic heterocycles. The number of hydrogen-bond acceptors (Lipinski definition) is 3. The van der Waals surface area contributed by atoms with E-state index in [1.807, 2.05) is 51.1 Å². The first-order valence-electron chi connectivity index (χ1n) is 7.32. The molecule has 1 aromatic carbocycles. The predicted molar refractivity (Wildman–Crippen MR) is 83.8 cm³/mol. The van der Waals surface area contributed by atoms with Gasteiger partial charge in [-0.15, -0.1) is 0 Å². The van der Waals surface area contributed by atoms with Crippen LogP contribution >= 0.6 is 0 Å². The fourth-order valence-corrected chi connectivity index (χ4v) is 2.17. The lowest BCUT2D eigenvalue weighted by atomic mass is 9.97. The Hall–Kier alpha value is -1.88. The lowest BCUT2D eigenvalue weighted by molar-refractivity contribution is -0.137. The van der Waals surface area contributed by atoms with Crippen molar-refractivity contribution in [1.29, 1.82) is 0 Å². The van der Waals surface area contributed by atoms with Crippen LogP contribution in [0.4, 0.5) is 0 Å². The van der Waals surface area contributed by atoms with Gasteiger partial charge in [0, 0.05) is 19.1 Å². The summed E-state index contributed by atoms with van der Waals surface area (Å²) in [6.07, 6.45) is 0. The van der Waals surface area contributed by atoms with Gasteiger partial charge in [-0.05, 0) is 26.3 Å². The molecule has 1 rings (SSSR count). The summed E-state index contributed by atoms with van der Waals surface area (Å²) in [7, 11) is 0. The first-order chi connectivity index (χ1) is 9.99. The number of rotatable bonds is 7. The molecule has 0 spiro atoms. The van der Waals surface area contributed by atoms with E-state index in [-0.39, 0.29) is 30.9 Å². The van der Waals surface area contributed by atoms with Gasteiger partial charge in [0.25, 0.3) is 0 Å². The summed E-state index contributed by atoms with van der Waals surface area (Å²) in [5.74, 6) is -0.660. The summed E-state index contributed by atoms with van der Waals surface area (Å²) in [4.78, 5) is 26.0. The third-order valence-electron chi connectivity index (χ3n) is 3.21. The van der Waals surface area contributed by atoms with Crippen LogP contribution in [0.5, 0.6) is 0 Å². The maximum Gasteiger partial charge on any atom is 0.239 e. The van der Waals surface area contributed by atoms with Gasteiger partial charge in [0.05, 0.1) is 12.5 Å². The maximum absolute atomic E-state index is 12.6. The molecule has 0 saturated carbocycles. The summed E-state index contributed by atoms with van der Waals surface area (Å²) in [5.41, 5.74) is 6.64. The lowest BCUT2D eigenvalue weighted by Crippen LogP contribution is -2.45. The fourth-order valence-electron chi connectivity index (χ4n) is 2.17. The van der Waals surface area contributed by atoms with Crippen LogP contribution < -0.4 is 11.1 Å². The zero-order valence-electron chi connectivity index (χ0n) is 13.0. The SMILES string of the molecule is CCN(CC(=O)NC(C)C)C(=O)C(CN)c1ccccc1. The molecule has 0 aromatic heterocycles. The van der Waals surface area contributed by atoms with E-state index in [1.165, 1.54) is 0 Å². The van der Waals surface area contributed by atoms with Gasteiger partial charge < -0.3 is 16.0 Å². The van der Waals surface area contributed by atoms with E-state index in [0.717, 1.165) is 5.56 Å². The van der Waals surface area contributed by atoms with E-state index >= 15 is 0 Å². The predicted octanol–water partition coefficient (Wildman–Crippen LogP) is 1.10. The van der Waals surface area contributed by atoms with Crippen molar-refractivity contribution in [3.8, 4) is 0 Å². The first kappa shape index (κ1) is 17.2. The number of hydrogen-bond donors (Lipinski definition) is 2. The molecular formula is C16H25N3O2. The van der Waals surface area contributed by atoms with Crippen LogP contribution in [0.3, 0.4) is 0 Å². The van der Waals surface area contributed by atoms with Crippen LogP contribution in [0.25, 0.3) is 0 Å². The van der Waals surface area contributed by atoms with Gasteiger partial charge in [0.15, 0.2) is 0 Å². The molecule has 5 nitrogen and oxygen atoms in total. The quantitative estimate of drug-likeness (QED) is 0.790. The highest BCUT2D eigenvalue weighted by Crippen LogP contribution is 2.17. The summed E-state index contributed by atoms with van der Waals surface area (Å²) in [5, 5.41) is 2.80. The van der Waals surface area contributed by atoms with Crippen molar-refractivity contribution in [1.82, 2.24) is 10.2 Å². The molecule has 0 aliphatic carbocycles. The highest BCUT2D eigenvalue weighted by atomic mass is 16.2. The number of nitrogens with one attached hydrogen (secondary N) is 1. The van der Waals surface area contributed by atoms with Gasteiger partial charge in [-0.1, -0.05) is 30.3 Å². The van der Waals surface area contributed by atoms with E-state index in [2.05, 4.69) is 5.32 Å². The zero-order chi connectivity index (χ0) is 15.8. The minimum atomic E-state index is -0.405. The Morgan fingerprint density at radius 1 is 1.24 bits per heavy atom. The van der Waals surface area contributed by atoms with Crippen molar-refractivity contribution >= 4 is 11.8 Å². The Labute approximate surface area is 126 Å². The smallest absolute Gasteiger partial charge is 0.239 e. The molecule has 0 saturated heterocycles. The monoisotopic (exact) mass is 291 g/mol. The molecule has 2 amide bonds. The molecule has 0 radical (unpaired) electrons. The molecule has 3 N–H and O–H groups in total. The number of benzene rings is 1. The Kier molecular flexibility index (Phi) is 6.88. The molecule has 0 heterocycles. The van der Waals surface area contributed by atoms with Gasteiger partial charge >= 0.3 is 0 Å². The van der Waals surface area contributed by atoms with Crippen molar-refractivity contribution in [3.63, 3.8) is 0 Å². The highest BCUT2D eigenvalue weighted by molar-refractivity contribution is 5.88. The number of nitrogens with zero attached hydrogens (tertiary/aromatic N) is 1. The molecule has 0 bridgehead atoms. The lowest BCUT2D eigenvalue weighted by Gasteiger charge is -2.26. The normalized spacial score (nSPS) is 12.0. The van der Waals surface area contributed by atoms with Crippen molar-refractivity contribution in [2.45, 2.75) is 32.7 Å². The van der Waals surface area contributed by atoms with Crippen molar-refractivity contribution in [2.24, 2.45) is 5.73 Å². The minimum absolute atomic E-state index is 0.0609. The Morgan fingerprint density at radius 2 is 1.86 bits per heavy atom. The molecule has 1 atom stereocenters. The summed E-state index contributed by atoms with van der Waals surface area (Å²) in [6.45, 7) is 6.42. The number of nitrogens with two attached hydrogens (primary N) is 1. The van der Waals surface area contributed by atoms with Crippen LogP contribution in [0.15, 0.2) is 30.3 Å². The molecule has 116 valence electrons. The number of likely N-dealkylation sites (N-methyl/N-ethyl adjacent to an activating group) is 1. The fraction of sp³-hybridized carbons (Fsp3) is 0.500. The van der Waals surface area contributed by atoms with Crippen LogP contribution in [0, 0.1) is 0 Å². The van der Waals surface area contributed by atoms with Crippen LogP contribution in [0.2, 0.25) is 0 Å². The van der Waals surface area contributed by atoms with Gasteiger partial charge in [-0.3, -0.25) is 9.59 Å². The second kappa shape index (κ2) is 8.42. The maximum atomic E-state index is 12.6. The van der Waals surface area contributed by atoms with Gasteiger partial charge in [-0.25, -0.2) is 0 Å². The average molecular weight is 291 g/mol. The first-order valence-corrected chi connectivity index (χ1v) is 7.32. The van der Waals surface area contributed by atoms with Crippen LogP contribution in [-0.2, 0) is 9.59 Å². The number of carbonyl (C=O) groups excluding carboxylic acids is 2. The van der Waals surface area contributed by atoms with E-state index in [9.17, 15) is 9.59 Å². The molecule has 1 aromatic rings. The molecule has 5 heteroatoms. The zero-order valence-corrected chi connectivity index (χ0v) is 13.0. The Balaban J connectivity index is 2.79. The molecule has 1 unspecified atom stereocenters. The third-order valence-corrected chi connectivity index (χ3v) is 3.21. The van der Waals surface area contributed by atoms with Gasteiger partial charge in [0.1, 0.15) is 0 Å². The van der Waals surface area contributed by atoms with Crippen molar-refractivity contribution < 1.29 is 9.59 Å². The van der Waals surface area contributed by atoms with Gasteiger partial charge in [-0.2, -0.15) is 0 Å². The minimum Gasteiger partial charge on any atom is -0.352 e. The topological polar surface area (TPSA) is 75.4 Å². The second-order valence-corrected chi connectivity index (χ2v) is 5.27. The van der Waals surface area contributed by atoms with E-state index in [0.29, 0.717) is 6.54 Å². The number of amides is 2. The molecule has 0 aliphatic rings. The molecule has 21 heavy (non-hydrogen) atoms. The third kappa shape index (κ3) is 5.19. The van der Waals surface area contributed by atoms with E-state index in [4.69, 9.17) is 5.73 Å². The Morgan fingerprint density at radius 3 is 2.33 bits per heavy atom. The summed E-state index contributed by atoms with van der Waals surface area (Å²) in [6, 6.07) is 9.50. The second-order valence-electron chi connectivity index (χ2n) is 5.27. The molecular weight excluding hydrogens is 266 g/mol. The van der Waals surface area contributed by atoms with Crippen LogP contribution in [0.1, 0.15) is 32.3 Å². The van der Waals surface area contributed by atoms with Crippen molar-refractivity contribution in [3.05, 3.63) is 35.9 Å². The van der Waals surface area contributed by atoms with Crippen LogP contribution in [-0.4, -0.2) is 42.4 Å². The largest absolute Gasteiger partial charge is 0.352 e.